The number of halogens is 1. The lowest BCUT2D eigenvalue weighted by molar-refractivity contribution is 0.0661. The Morgan fingerprint density at radius 2 is 2.32 bits per heavy atom. The smallest absolute Gasteiger partial charge is 0.255 e. The van der Waals surface area contributed by atoms with Gasteiger partial charge in [-0.25, -0.2) is 0 Å². The topological polar surface area (TPSA) is 32.3 Å². The molecule has 1 saturated heterocycles. The summed E-state index contributed by atoms with van der Waals surface area (Å²) in [6, 6.07) is 6.30. The van der Waals surface area contributed by atoms with E-state index < -0.39 is 0 Å². The van der Waals surface area contributed by atoms with Crippen LogP contribution in [0.25, 0.3) is 0 Å². The van der Waals surface area contributed by atoms with Gasteiger partial charge in [-0.3, -0.25) is 4.79 Å². The standard InChI is InChI=1S/C15H21IN2O/c1-3-18(12-7-5-9-17-10-12)15(19)13-8-4-6-11(2)14(13)16/h4,6,8,12,17H,3,5,7,9-10H2,1-2H3. The van der Waals surface area contributed by atoms with Gasteiger partial charge in [0.15, 0.2) is 0 Å². The highest BCUT2D eigenvalue weighted by atomic mass is 127. The van der Waals surface area contributed by atoms with Gasteiger partial charge in [0.2, 0.25) is 0 Å². The molecule has 0 radical (unpaired) electrons. The van der Waals surface area contributed by atoms with Crippen molar-refractivity contribution < 1.29 is 4.79 Å². The summed E-state index contributed by atoms with van der Waals surface area (Å²) >= 11 is 2.28. The number of carbonyl (C=O) groups is 1. The molecule has 1 aromatic rings. The molecule has 19 heavy (non-hydrogen) atoms. The molecule has 1 unspecified atom stereocenters. The Morgan fingerprint density at radius 1 is 1.53 bits per heavy atom. The third-order valence-electron chi connectivity index (χ3n) is 3.74. The molecule has 1 N–H and O–H groups in total. The molecule has 1 aliphatic rings. The first kappa shape index (κ1) is 14.8. The molecule has 1 atom stereocenters. The summed E-state index contributed by atoms with van der Waals surface area (Å²) in [5.41, 5.74) is 2.01. The highest BCUT2D eigenvalue weighted by Gasteiger charge is 2.26. The predicted molar refractivity (Wildman–Crippen MR) is 86.5 cm³/mol. The van der Waals surface area contributed by atoms with Crippen LogP contribution in [-0.2, 0) is 0 Å². The molecular formula is C15H21IN2O. The van der Waals surface area contributed by atoms with Gasteiger partial charge in [0.05, 0.1) is 5.56 Å². The summed E-state index contributed by atoms with van der Waals surface area (Å²) in [5, 5.41) is 3.39. The number of benzene rings is 1. The van der Waals surface area contributed by atoms with Crippen LogP contribution in [0.15, 0.2) is 18.2 Å². The van der Waals surface area contributed by atoms with Crippen LogP contribution in [0.3, 0.4) is 0 Å². The minimum Gasteiger partial charge on any atom is -0.335 e. The molecular weight excluding hydrogens is 351 g/mol. The largest absolute Gasteiger partial charge is 0.335 e. The van der Waals surface area contributed by atoms with Gasteiger partial charge in [0, 0.05) is 22.7 Å². The van der Waals surface area contributed by atoms with Crippen LogP contribution in [0.1, 0.15) is 35.7 Å². The van der Waals surface area contributed by atoms with E-state index in [1.54, 1.807) is 0 Å². The third kappa shape index (κ3) is 3.28. The van der Waals surface area contributed by atoms with Crippen molar-refractivity contribution in [2.24, 2.45) is 0 Å². The summed E-state index contributed by atoms with van der Waals surface area (Å²) in [6.45, 7) is 6.88. The monoisotopic (exact) mass is 372 g/mol. The Morgan fingerprint density at radius 3 is 2.95 bits per heavy atom. The first-order valence-electron chi connectivity index (χ1n) is 6.92. The number of rotatable bonds is 3. The first-order chi connectivity index (χ1) is 9.15. The molecule has 2 rings (SSSR count). The molecule has 0 aromatic heterocycles. The second-order valence-corrected chi connectivity index (χ2v) is 6.11. The molecule has 0 bridgehead atoms. The molecule has 0 aliphatic carbocycles. The van der Waals surface area contributed by atoms with Gasteiger partial charge in [-0.15, -0.1) is 0 Å². The Balaban J connectivity index is 2.22. The van der Waals surface area contributed by atoms with Gasteiger partial charge in [-0.1, -0.05) is 12.1 Å². The highest BCUT2D eigenvalue weighted by molar-refractivity contribution is 14.1. The number of nitrogens with one attached hydrogen (secondary N) is 1. The lowest BCUT2D eigenvalue weighted by atomic mass is 10.0. The van der Waals surface area contributed by atoms with Crippen molar-refractivity contribution in [2.75, 3.05) is 19.6 Å². The van der Waals surface area contributed by atoms with E-state index in [9.17, 15) is 4.79 Å². The summed E-state index contributed by atoms with van der Waals surface area (Å²) in [7, 11) is 0. The van der Waals surface area contributed by atoms with E-state index in [-0.39, 0.29) is 5.91 Å². The van der Waals surface area contributed by atoms with E-state index in [2.05, 4.69) is 47.8 Å². The molecule has 1 heterocycles. The zero-order chi connectivity index (χ0) is 13.8. The van der Waals surface area contributed by atoms with Gasteiger partial charge < -0.3 is 10.2 Å². The molecule has 1 fully saturated rings. The molecule has 0 spiro atoms. The Labute approximate surface area is 128 Å². The number of aryl methyl sites for hydroxylation is 1. The van der Waals surface area contributed by atoms with E-state index in [0.717, 1.165) is 41.6 Å². The fraction of sp³-hybridized carbons (Fsp3) is 0.533. The van der Waals surface area contributed by atoms with E-state index in [1.165, 1.54) is 5.56 Å². The molecule has 4 heteroatoms. The number of hydrogen-bond acceptors (Lipinski definition) is 2. The number of likely N-dealkylation sites (N-methyl/N-ethyl adjacent to an activating group) is 1. The zero-order valence-corrected chi connectivity index (χ0v) is 13.7. The third-order valence-corrected chi connectivity index (χ3v) is 5.17. The van der Waals surface area contributed by atoms with Crippen molar-refractivity contribution in [3.63, 3.8) is 0 Å². The van der Waals surface area contributed by atoms with Gasteiger partial charge >= 0.3 is 0 Å². The summed E-state index contributed by atoms with van der Waals surface area (Å²) in [4.78, 5) is 14.8. The van der Waals surface area contributed by atoms with Crippen LogP contribution in [0, 0.1) is 10.5 Å². The van der Waals surface area contributed by atoms with Crippen molar-refractivity contribution in [2.45, 2.75) is 32.7 Å². The molecule has 1 aliphatic heterocycles. The first-order valence-corrected chi connectivity index (χ1v) is 7.99. The van der Waals surface area contributed by atoms with Crippen molar-refractivity contribution in [3.05, 3.63) is 32.9 Å². The Hall–Kier alpha value is -0.620. The van der Waals surface area contributed by atoms with Crippen LogP contribution in [0.4, 0.5) is 0 Å². The lowest BCUT2D eigenvalue weighted by Gasteiger charge is -2.34. The zero-order valence-electron chi connectivity index (χ0n) is 11.6. The van der Waals surface area contributed by atoms with Crippen molar-refractivity contribution in [1.82, 2.24) is 10.2 Å². The van der Waals surface area contributed by atoms with Gasteiger partial charge in [-0.05, 0) is 67.5 Å². The second-order valence-electron chi connectivity index (χ2n) is 5.03. The van der Waals surface area contributed by atoms with Gasteiger partial charge in [-0.2, -0.15) is 0 Å². The minimum atomic E-state index is 0.171. The summed E-state index contributed by atoms with van der Waals surface area (Å²) in [6.07, 6.45) is 2.26. The summed E-state index contributed by atoms with van der Waals surface area (Å²) in [5.74, 6) is 0.171. The maximum Gasteiger partial charge on any atom is 0.255 e. The van der Waals surface area contributed by atoms with Crippen LogP contribution in [0.5, 0.6) is 0 Å². The molecule has 0 saturated carbocycles. The van der Waals surface area contributed by atoms with E-state index >= 15 is 0 Å². The fourth-order valence-corrected chi connectivity index (χ4v) is 3.22. The Kier molecular flexibility index (Phi) is 5.21. The normalized spacial score (nSPS) is 19.2. The molecule has 3 nitrogen and oxygen atoms in total. The molecule has 1 amide bonds. The SMILES string of the molecule is CCN(C(=O)c1cccc(C)c1I)C1CCCNC1. The quantitative estimate of drug-likeness (QED) is 0.828. The van der Waals surface area contributed by atoms with E-state index in [1.807, 2.05) is 17.0 Å². The average Bonchev–Trinajstić information content (AvgIpc) is 2.44. The summed E-state index contributed by atoms with van der Waals surface area (Å²) < 4.78 is 1.08. The number of nitrogens with zero attached hydrogens (tertiary/aromatic N) is 1. The maximum atomic E-state index is 12.7. The van der Waals surface area contributed by atoms with Gasteiger partial charge in [0.25, 0.3) is 5.91 Å². The highest BCUT2D eigenvalue weighted by Crippen LogP contribution is 2.21. The second kappa shape index (κ2) is 6.70. The number of carbonyl (C=O) groups excluding carboxylic acids is 1. The number of piperidine rings is 1. The maximum absolute atomic E-state index is 12.7. The minimum absolute atomic E-state index is 0.171. The number of hydrogen-bond donors (Lipinski definition) is 1. The van der Waals surface area contributed by atoms with Crippen LogP contribution >= 0.6 is 22.6 Å². The van der Waals surface area contributed by atoms with Crippen molar-refractivity contribution in [3.8, 4) is 0 Å². The molecule has 104 valence electrons. The average molecular weight is 372 g/mol. The van der Waals surface area contributed by atoms with Crippen LogP contribution in [-0.4, -0.2) is 36.5 Å². The number of amides is 1. The van der Waals surface area contributed by atoms with Gasteiger partial charge in [0.1, 0.15) is 0 Å². The van der Waals surface area contributed by atoms with Crippen LogP contribution < -0.4 is 5.32 Å². The lowest BCUT2D eigenvalue weighted by Crippen LogP contribution is -2.48. The van der Waals surface area contributed by atoms with Crippen molar-refractivity contribution in [1.29, 1.82) is 0 Å². The predicted octanol–water partition coefficient (Wildman–Crippen LogP) is 2.81. The van der Waals surface area contributed by atoms with E-state index in [0.29, 0.717) is 6.04 Å². The van der Waals surface area contributed by atoms with Crippen molar-refractivity contribution >= 4 is 28.5 Å². The Bertz CT molecular complexity index is 455. The van der Waals surface area contributed by atoms with E-state index in [4.69, 9.17) is 0 Å². The molecule has 1 aromatic carbocycles. The van der Waals surface area contributed by atoms with Crippen LogP contribution in [0.2, 0.25) is 0 Å². The fourth-order valence-electron chi connectivity index (χ4n) is 2.63.